The molecular formula is C19H35N3O5. The Labute approximate surface area is 162 Å². The molecule has 8 heteroatoms. The summed E-state index contributed by atoms with van der Waals surface area (Å²) >= 11 is 0. The number of rotatable bonds is 9. The van der Waals surface area contributed by atoms with Crippen LogP contribution in [0.5, 0.6) is 0 Å². The van der Waals surface area contributed by atoms with E-state index >= 15 is 0 Å². The van der Waals surface area contributed by atoms with Gasteiger partial charge in [0.2, 0.25) is 0 Å². The van der Waals surface area contributed by atoms with E-state index < -0.39 is 11.4 Å². The van der Waals surface area contributed by atoms with Crippen LogP contribution in [-0.2, 0) is 23.8 Å². The zero-order chi connectivity index (χ0) is 20.6. The Balaban J connectivity index is 2.67. The van der Waals surface area contributed by atoms with Gasteiger partial charge in [-0.3, -0.25) is 14.6 Å². The molecule has 0 saturated heterocycles. The molecule has 0 amide bonds. The summed E-state index contributed by atoms with van der Waals surface area (Å²) in [7, 11) is 0. The lowest BCUT2D eigenvalue weighted by Gasteiger charge is -2.32. The largest absolute Gasteiger partial charge is 0.464 e. The number of ether oxygens (including phenoxy) is 3. The van der Waals surface area contributed by atoms with Crippen LogP contribution in [0.1, 0.15) is 60.3 Å². The quantitative estimate of drug-likeness (QED) is 0.352. The van der Waals surface area contributed by atoms with Crippen molar-refractivity contribution in [2.75, 3.05) is 13.2 Å². The van der Waals surface area contributed by atoms with Gasteiger partial charge < -0.3 is 25.7 Å². The Hall–Kier alpha value is -1.83. The maximum Gasteiger partial charge on any atom is 0.317 e. The fraction of sp³-hybridized carbons (Fsp3) is 0.842. The molecule has 0 aliphatic heterocycles. The smallest absolute Gasteiger partial charge is 0.317 e. The van der Waals surface area contributed by atoms with E-state index in [2.05, 4.69) is 4.99 Å². The zero-order valence-corrected chi connectivity index (χ0v) is 17.2. The Morgan fingerprint density at radius 2 is 1.67 bits per heavy atom. The van der Waals surface area contributed by atoms with Crippen molar-refractivity contribution in [1.29, 1.82) is 0 Å². The van der Waals surface area contributed by atoms with Crippen LogP contribution < -0.4 is 11.5 Å². The second kappa shape index (κ2) is 10.5. The van der Waals surface area contributed by atoms with Gasteiger partial charge in [-0.15, -0.1) is 0 Å². The van der Waals surface area contributed by atoms with E-state index in [0.717, 1.165) is 12.8 Å². The minimum atomic E-state index is -1.05. The van der Waals surface area contributed by atoms with Crippen molar-refractivity contribution in [1.82, 2.24) is 0 Å². The molecule has 1 fully saturated rings. The van der Waals surface area contributed by atoms with Crippen LogP contribution in [0.25, 0.3) is 0 Å². The van der Waals surface area contributed by atoms with E-state index in [4.69, 9.17) is 25.7 Å². The van der Waals surface area contributed by atoms with Gasteiger partial charge in [-0.1, -0.05) is 13.8 Å². The lowest BCUT2D eigenvalue weighted by atomic mass is 9.91. The summed E-state index contributed by atoms with van der Waals surface area (Å²) in [6.45, 7) is 9.02. The van der Waals surface area contributed by atoms with Gasteiger partial charge in [0.1, 0.15) is 18.1 Å². The van der Waals surface area contributed by atoms with Crippen LogP contribution >= 0.6 is 0 Å². The second-order valence-corrected chi connectivity index (χ2v) is 8.07. The molecule has 0 aromatic heterocycles. The van der Waals surface area contributed by atoms with Crippen LogP contribution in [0.15, 0.2) is 4.99 Å². The van der Waals surface area contributed by atoms with Gasteiger partial charge in [-0.05, 0) is 46.5 Å². The topological polar surface area (TPSA) is 126 Å². The van der Waals surface area contributed by atoms with Gasteiger partial charge in [0.25, 0.3) is 0 Å². The highest BCUT2D eigenvalue weighted by molar-refractivity contribution is 5.78. The van der Waals surface area contributed by atoms with Crippen molar-refractivity contribution >= 4 is 17.9 Å². The molecule has 0 aromatic rings. The summed E-state index contributed by atoms with van der Waals surface area (Å²) < 4.78 is 16.7. The van der Waals surface area contributed by atoms with Crippen molar-refractivity contribution in [3.05, 3.63) is 0 Å². The molecule has 0 radical (unpaired) electrons. The average Bonchev–Trinajstić information content (AvgIpc) is 2.58. The van der Waals surface area contributed by atoms with Crippen molar-refractivity contribution in [2.24, 2.45) is 27.8 Å². The van der Waals surface area contributed by atoms with E-state index in [1.165, 1.54) is 0 Å². The molecular weight excluding hydrogens is 350 g/mol. The number of carbonyl (C=O) groups is 2. The summed E-state index contributed by atoms with van der Waals surface area (Å²) in [5, 5.41) is 0. The number of nitrogens with zero attached hydrogens (tertiary/aromatic N) is 1. The van der Waals surface area contributed by atoms with Gasteiger partial charge >= 0.3 is 11.9 Å². The van der Waals surface area contributed by atoms with Gasteiger partial charge in [-0.25, -0.2) is 0 Å². The van der Waals surface area contributed by atoms with Gasteiger partial charge in [0, 0.05) is 0 Å². The Morgan fingerprint density at radius 3 is 2.15 bits per heavy atom. The molecule has 1 aliphatic rings. The highest BCUT2D eigenvalue weighted by atomic mass is 16.6. The van der Waals surface area contributed by atoms with Crippen LogP contribution in [0, 0.1) is 11.3 Å². The molecule has 1 unspecified atom stereocenters. The Morgan fingerprint density at radius 1 is 1.07 bits per heavy atom. The molecule has 27 heavy (non-hydrogen) atoms. The highest BCUT2D eigenvalue weighted by Crippen LogP contribution is 2.28. The molecule has 1 aliphatic carbocycles. The standard InChI is InChI=1S/C19H35N3O5/c1-12(2)16(23)26-11-19(5,10-25-13(3)4)17(24)27-15-8-6-14(7-9-15)22-18(20)21/h12-15H,6-11H2,1-5H3,(H4,20,21,22). The minimum Gasteiger partial charge on any atom is -0.464 e. The summed E-state index contributed by atoms with van der Waals surface area (Å²) in [6, 6.07) is 0.0765. The van der Waals surface area contributed by atoms with Crippen molar-refractivity contribution in [3.63, 3.8) is 0 Å². The van der Waals surface area contributed by atoms with Crippen LogP contribution in [0.4, 0.5) is 0 Å². The van der Waals surface area contributed by atoms with Gasteiger partial charge in [0.05, 0.1) is 24.7 Å². The first-order valence-electron chi connectivity index (χ1n) is 9.61. The SMILES string of the molecule is CC(C)OCC(C)(COC(=O)C(C)C)C(=O)OC1CCC(N=C(N)N)CC1. The number of guanidine groups is 1. The lowest BCUT2D eigenvalue weighted by molar-refractivity contribution is -0.175. The zero-order valence-electron chi connectivity index (χ0n) is 17.2. The van der Waals surface area contributed by atoms with E-state index in [0.29, 0.717) is 12.8 Å². The first-order chi connectivity index (χ1) is 12.5. The van der Waals surface area contributed by atoms with Crippen LogP contribution in [0.3, 0.4) is 0 Å². The van der Waals surface area contributed by atoms with Crippen molar-refractivity contribution < 1.29 is 23.8 Å². The molecule has 1 saturated carbocycles. The van der Waals surface area contributed by atoms with Crippen LogP contribution in [-0.4, -0.2) is 49.4 Å². The Bertz CT molecular complexity index is 523. The number of aliphatic imine (C=N–C) groups is 1. The number of nitrogens with two attached hydrogens (primary N) is 2. The number of hydrogen-bond donors (Lipinski definition) is 2. The van der Waals surface area contributed by atoms with E-state index in [-0.39, 0.29) is 49.3 Å². The van der Waals surface area contributed by atoms with Gasteiger partial charge in [0.15, 0.2) is 5.96 Å². The summed E-state index contributed by atoms with van der Waals surface area (Å²) in [5.41, 5.74) is 9.79. The predicted octanol–water partition coefficient (Wildman–Crippen LogP) is 1.74. The maximum atomic E-state index is 12.8. The molecule has 0 spiro atoms. The predicted molar refractivity (Wildman–Crippen MR) is 103 cm³/mol. The minimum absolute atomic E-state index is 0.0482. The summed E-state index contributed by atoms with van der Waals surface area (Å²) in [6.07, 6.45) is 2.67. The third kappa shape index (κ3) is 8.15. The molecule has 4 N–H and O–H groups in total. The third-order valence-corrected chi connectivity index (χ3v) is 4.48. The number of esters is 2. The normalized spacial score (nSPS) is 22.2. The number of carbonyl (C=O) groups excluding carboxylic acids is 2. The Kier molecular flexibility index (Phi) is 9.02. The van der Waals surface area contributed by atoms with E-state index in [9.17, 15) is 9.59 Å². The fourth-order valence-electron chi connectivity index (χ4n) is 2.70. The number of hydrogen-bond acceptors (Lipinski definition) is 6. The van der Waals surface area contributed by atoms with Crippen molar-refractivity contribution in [3.8, 4) is 0 Å². The lowest BCUT2D eigenvalue weighted by Crippen LogP contribution is -2.43. The summed E-state index contributed by atoms with van der Waals surface area (Å²) in [4.78, 5) is 28.8. The molecule has 0 aromatic carbocycles. The molecule has 1 atom stereocenters. The van der Waals surface area contributed by atoms with Crippen LogP contribution in [0.2, 0.25) is 0 Å². The monoisotopic (exact) mass is 385 g/mol. The molecule has 0 bridgehead atoms. The molecule has 0 heterocycles. The highest BCUT2D eigenvalue weighted by Gasteiger charge is 2.39. The molecule has 156 valence electrons. The second-order valence-electron chi connectivity index (χ2n) is 8.07. The van der Waals surface area contributed by atoms with Crippen molar-refractivity contribution in [2.45, 2.75) is 78.6 Å². The third-order valence-electron chi connectivity index (χ3n) is 4.48. The van der Waals surface area contributed by atoms with E-state index in [1.807, 2.05) is 13.8 Å². The average molecular weight is 386 g/mol. The van der Waals surface area contributed by atoms with Gasteiger partial charge in [-0.2, -0.15) is 0 Å². The van der Waals surface area contributed by atoms with E-state index in [1.54, 1.807) is 20.8 Å². The molecule has 8 nitrogen and oxygen atoms in total. The maximum absolute atomic E-state index is 12.8. The first kappa shape index (κ1) is 23.2. The molecule has 1 rings (SSSR count). The summed E-state index contributed by atoms with van der Waals surface area (Å²) in [5.74, 6) is -0.941. The first-order valence-corrected chi connectivity index (χ1v) is 9.61. The fourth-order valence-corrected chi connectivity index (χ4v) is 2.70.